The Morgan fingerprint density at radius 2 is 1.95 bits per heavy atom. The number of carbonyl (C=O) groups is 1. The second kappa shape index (κ2) is 5.79. The number of hydrogen-bond donors (Lipinski definition) is 1. The van der Waals surface area contributed by atoms with Crippen LogP contribution in [0.5, 0.6) is 0 Å². The molecular formula is C15H19NO3S. The first kappa shape index (κ1) is 14.8. The molecule has 1 unspecified atom stereocenters. The van der Waals surface area contributed by atoms with Gasteiger partial charge in [0.25, 0.3) is 0 Å². The number of rotatable bonds is 4. The van der Waals surface area contributed by atoms with Crippen molar-refractivity contribution in [1.29, 1.82) is 0 Å². The van der Waals surface area contributed by atoms with Gasteiger partial charge in [-0.3, -0.25) is 4.79 Å². The molecule has 0 saturated heterocycles. The van der Waals surface area contributed by atoms with Crippen LogP contribution in [0.4, 0.5) is 5.69 Å². The summed E-state index contributed by atoms with van der Waals surface area (Å²) >= 11 is 0. The Balaban J connectivity index is 1.90. The molecule has 20 heavy (non-hydrogen) atoms. The fourth-order valence-electron chi connectivity index (χ4n) is 2.17. The molecule has 0 fully saturated rings. The quantitative estimate of drug-likeness (QED) is 0.928. The molecule has 0 spiro atoms. The van der Waals surface area contributed by atoms with Gasteiger partial charge in [0.1, 0.15) is 0 Å². The largest absolute Gasteiger partial charge is 0.326 e. The van der Waals surface area contributed by atoms with Crippen LogP contribution in [0.1, 0.15) is 31.7 Å². The van der Waals surface area contributed by atoms with Crippen LogP contribution in [-0.2, 0) is 14.6 Å². The first-order valence-corrected chi connectivity index (χ1v) is 8.38. The minimum absolute atomic E-state index is 0.0344. The molecule has 1 amide bonds. The van der Waals surface area contributed by atoms with E-state index >= 15 is 0 Å². The van der Waals surface area contributed by atoms with Crippen LogP contribution in [0.25, 0.3) is 0 Å². The summed E-state index contributed by atoms with van der Waals surface area (Å²) in [6, 6.07) is 7.71. The fraction of sp³-hybridized carbons (Fsp3) is 0.400. The van der Waals surface area contributed by atoms with Gasteiger partial charge in [-0.05, 0) is 23.6 Å². The van der Waals surface area contributed by atoms with Gasteiger partial charge in [-0.25, -0.2) is 8.42 Å². The molecule has 1 aromatic rings. The van der Waals surface area contributed by atoms with Crippen LogP contribution >= 0.6 is 0 Å². The van der Waals surface area contributed by atoms with Crippen molar-refractivity contribution < 1.29 is 13.2 Å². The molecule has 1 aliphatic rings. The molecule has 0 radical (unpaired) electrons. The monoisotopic (exact) mass is 293 g/mol. The van der Waals surface area contributed by atoms with Gasteiger partial charge in [-0.2, -0.15) is 0 Å². The number of amides is 1. The number of nitrogens with one attached hydrogen (secondary N) is 1. The Bertz CT molecular complexity index is 615. The highest BCUT2D eigenvalue weighted by atomic mass is 32.2. The Kier molecular flexibility index (Phi) is 4.28. The summed E-state index contributed by atoms with van der Waals surface area (Å²) in [4.78, 5) is 11.9. The molecule has 108 valence electrons. The molecule has 0 bridgehead atoms. The Labute approximate surface area is 119 Å². The van der Waals surface area contributed by atoms with Gasteiger partial charge in [0.05, 0.1) is 5.75 Å². The van der Waals surface area contributed by atoms with Crippen LogP contribution in [0, 0.1) is 5.92 Å². The number of anilines is 1. The molecule has 0 saturated carbocycles. The molecule has 1 atom stereocenters. The number of benzene rings is 1. The second-order valence-electron chi connectivity index (χ2n) is 5.45. The topological polar surface area (TPSA) is 63.2 Å². The predicted octanol–water partition coefficient (Wildman–Crippen LogP) is 2.70. The van der Waals surface area contributed by atoms with Crippen molar-refractivity contribution in [1.82, 2.24) is 0 Å². The van der Waals surface area contributed by atoms with E-state index in [0.29, 0.717) is 5.92 Å². The lowest BCUT2D eigenvalue weighted by molar-refractivity contribution is -0.116. The maximum Gasteiger partial charge on any atom is 0.224 e. The smallest absolute Gasteiger partial charge is 0.224 e. The lowest BCUT2D eigenvalue weighted by Gasteiger charge is -2.10. The standard InChI is InChI=1S/C15H19NO3S/c1-11(2)13-3-5-14(6-4-13)16-15(17)9-12-7-8-20(18,19)10-12/h3-8,11-12H,9-10H2,1-2H3,(H,16,17). The molecule has 0 aliphatic carbocycles. The zero-order valence-electron chi connectivity index (χ0n) is 11.7. The summed E-state index contributed by atoms with van der Waals surface area (Å²) in [5.74, 6) is 0.116. The van der Waals surface area contributed by atoms with Crippen molar-refractivity contribution in [2.24, 2.45) is 5.92 Å². The van der Waals surface area contributed by atoms with Gasteiger partial charge in [0.15, 0.2) is 9.84 Å². The lowest BCUT2D eigenvalue weighted by atomic mass is 10.0. The zero-order chi connectivity index (χ0) is 14.8. The Morgan fingerprint density at radius 3 is 2.45 bits per heavy atom. The average Bonchev–Trinajstić information content (AvgIpc) is 2.69. The minimum Gasteiger partial charge on any atom is -0.326 e. The number of carbonyl (C=O) groups excluding carboxylic acids is 1. The van der Waals surface area contributed by atoms with Crippen molar-refractivity contribution in [2.45, 2.75) is 26.2 Å². The maximum absolute atomic E-state index is 11.9. The van der Waals surface area contributed by atoms with E-state index in [-0.39, 0.29) is 24.0 Å². The maximum atomic E-state index is 11.9. The molecular weight excluding hydrogens is 274 g/mol. The van der Waals surface area contributed by atoms with Crippen LogP contribution in [0.2, 0.25) is 0 Å². The zero-order valence-corrected chi connectivity index (χ0v) is 12.5. The fourth-order valence-corrected chi connectivity index (χ4v) is 3.57. The second-order valence-corrected chi connectivity index (χ2v) is 7.38. The summed E-state index contributed by atoms with van der Waals surface area (Å²) in [5.41, 5.74) is 1.96. The number of sulfone groups is 1. The average molecular weight is 293 g/mol. The predicted molar refractivity (Wildman–Crippen MR) is 80.2 cm³/mol. The Morgan fingerprint density at radius 1 is 1.30 bits per heavy atom. The van der Waals surface area contributed by atoms with E-state index in [1.165, 1.54) is 11.0 Å². The summed E-state index contributed by atoms with van der Waals surface area (Å²) in [7, 11) is -3.09. The van der Waals surface area contributed by atoms with Gasteiger partial charge in [-0.15, -0.1) is 0 Å². The van der Waals surface area contributed by atoms with Crippen LogP contribution in [-0.4, -0.2) is 20.1 Å². The highest BCUT2D eigenvalue weighted by Gasteiger charge is 2.23. The third kappa shape index (κ3) is 3.93. The van der Waals surface area contributed by atoms with Crippen LogP contribution in [0.15, 0.2) is 35.7 Å². The molecule has 1 N–H and O–H groups in total. The lowest BCUT2D eigenvalue weighted by Crippen LogP contribution is -2.17. The highest BCUT2D eigenvalue weighted by Crippen LogP contribution is 2.20. The van der Waals surface area contributed by atoms with E-state index in [0.717, 1.165) is 5.69 Å². The van der Waals surface area contributed by atoms with E-state index in [2.05, 4.69) is 19.2 Å². The molecule has 1 aromatic carbocycles. The van der Waals surface area contributed by atoms with Crippen molar-refractivity contribution in [3.05, 3.63) is 41.3 Å². The van der Waals surface area contributed by atoms with Crippen molar-refractivity contribution in [3.63, 3.8) is 0 Å². The van der Waals surface area contributed by atoms with E-state index in [9.17, 15) is 13.2 Å². The molecule has 4 nitrogen and oxygen atoms in total. The summed E-state index contributed by atoms with van der Waals surface area (Å²) in [6.45, 7) is 4.22. The van der Waals surface area contributed by atoms with Gasteiger partial charge < -0.3 is 5.32 Å². The Hall–Kier alpha value is -1.62. The van der Waals surface area contributed by atoms with Gasteiger partial charge in [-0.1, -0.05) is 32.1 Å². The van der Waals surface area contributed by atoms with Gasteiger partial charge in [0, 0.05) is 23.4 Å². The van der Waals surface area contributed by atoms with E-state index in [1.54, 1.807) is 6.08 Å². The van der Waals surface area contributed by atoms with E-state index in [1.807, 2.05) is 24.3 Å². The summed E-state index contributed by atoms with van der Waals surface area (Å²) in [5, 5.41) is 3.99. The first-order chi connectivity index (χ1) is 9.35. The third-order valence-electron chi connectivity index (χ3n) is 3.31. The SMILES string of the molecule is CC(C)c1ccc(NC(=O)CC2C=CS(=O)(=O)C2)cc1. The number of hydrogen-bond acceptors (Lipinski definition) is 3. The van der Waals surface area contributed by atoms with Crippen LogP contribution < -0.4 is 5.32 Å². The molecule has 1 heterocycles. The number of allylic oxidation sites excluding steroid dienone is 1. The van der Waals surface area contributed by atoms with E-state index < -0.39 is 9.84 Å². The van der Waals surface area contributed by atoms with Gasteiger partial charge >= 0.3 is 0 Å². The highest BCUT2D eigenvalue weighted by molar-refractivity contribution is 7.94. The normalized spacial score (nSPS) is 20.2. The summed E-state index contributed by atoms with van der Waals surface area (Å²) < 4.78 is 22.5. The minimum atomic E-state index is -3.09. The van der Waals surface area contributed by atoms with Crippen molar-refractivity contribution >= 4 is 21.4 Å². The summed E-state index contributed by atoms with van der Waals surface area (Å²) in [6.07, 6.45) is 1.79. The van der Waals surface area contributed by atoms with E-state index in [4.69, 9.17) is 0 Å². The molecule has 1 aliphatic heterocycles. The first-order valence-electron chi connectivity index (χ1n) is 6.66. The molecule has 2 rings (SSSR count). The molecule has 0 aromatic heterocycles. The van der Waals surface area contributed by atoms with Gasteiger partial charge in [0.2, 0.25) is 5.91 Å². The molecule has 5 heteroatoms. The van der Waals surface area contributed by atoms with Crippen molar-refractivity contribution in [2.75, 3.05) is 11.1 Å². The third-order valence-corrected chi connectivity index (χ3v) is 4.78. The van der Waals surface area contributed by atoms with Crippen molar-refractivity contribution in [3.8, 4) is 0 Å². The van der Waals surface area contributed by atoms with Crippen LogP contribution in [0.3, 0.4) is 0 Å².